The number of primary amides is 1. The summed E-state index contributed by atoms with van der Waals surface area (Å²) in [6.07, 6.45) is 0.434. The average Bonchev–Trinajstić information content (AvgIpc) is 3.37. The summed E-state index contributed by atoms with van der Waals surface area (Å²) >= 11 is 0. The maximum Gasteiger partial charge on any atom is 0.256 e. The third-order valence-electron chi connectivity index (χ3n) is 6.15. The van der Waals surface area contributed by atoms with Crippen LogP contribution in [0.2, 0.25) is 0 Å². The highest BCUT2D eigenvalue weighted by atomic mass is 32.2. The number of hydrogen-bond donors (Lipinski definition) is 2. The molecule has 0 bridgehead atoms. The fourth-order valence-electron chi connectivity index (χ4n) is 4.47. The number of fused-ring (bicyclic) bond motifs is 1. The van der Waals surface area contributed by atoms with Crippen molar-refractivity contribution in [2.45, 2.75) is 19.4 Å². The van der Waals surface area contributed by atoms with Gasteiger partial charge in [-0.15, -0.1) is 0 Å². The van der Waals surface area contributed by atoms with Gasteiger partial charge in [-0.2, -0.15) is 5.10 Å². The molecule has 1 aliphatic rings. The monoisotopic (exact) mass is 489 g/mol. The summed E-state index contributed by atoms with van der Waals surface area (Å²) in [4.78, 5) is 30.2. The molecular weight excluding hydrogens is 466 g/mol. The minimum atomic E-state index is -3.16. The van der Waals surface area contributed by atoms with Crippen LogP contribution in [-0.4, -0.2) is 46.5 Å². The van der Waals surface area contributed by atoms with E-state index in [1.807, 2.05) is 30.3 Å². The van der Waals surface area contributed by atoms with Crippen LogP contribution in [0, 0.1) is 6.92 Å². The molecule has 0 radical (unpaired) electrons. The molecule has 2 aromatic heterocycles. The van der Waals surface area contributed by atoms with Crippen LogP contribution in [0.25, 0.3) is 22.3 Å². The molecule has 1 atom stereocenters. The fourth-order valence-corrected chi connectivity index (χ4v) is 6.16. The van der Waals surface area contributed by atoms with Crippen molar-refractivity contribution in [1.29, 1.82) is 0 Å². The molecule has 35 heavy (non-hydrogen) atoms. The van der Waals surface area contributed by atoms with E-state index in [-0.39, 0.29) is 23.1 Å². The van der Waals surface area contributed by atoms with E-state index in [0.29, 0.717) is 40.1 Å². The average molecular weight is 490 g/mol. The number of aryl methyl sites for hydroxylation is 1. The topological polar surface area (TPSA) is 137 Å². The van der Waals surface area contributed by atoms with Crippen LogP contribution in [-0.2, 0) is 9.84 Å². The summed E-state index contributed by atoms with van der Waals surface area (Å²) in [6, 6.07) is 17.2. The normalized spacial score (nSPS) is 16.9. The van der Waals surface area contributed by atoms with E-state index in [1.165, 1.54) is 0 Å². The van der Waals surface area contributed by atoms with E-state index in [0.717, 1.165) is 5.56 Å². The van der Waals surface area contributed by atoms with Crippen LogP contribution in [0.1, 0.15) is 38.9 Å². The van der Waals surface area contributed by atoms with Crippen molar-refractivity contribution >= 4 is 38.4 Å². The van der Waals surface area contributed by atoms with Crippen LogP contribution in [0.3, 0.4) is 0 Å². The molecule has 0 spiro atoms. The van der Waals surface area contributed by atoms with Gasteiger partial charge in [0.05, 0.1) is 51.1 Å². The van der Waals surface area contributed by atoms with Crippen molar-refractivity contribution in [3.8, 4) is 11.3 Å². The number of carbonyl (C=O) groups is 2. The van der Waals surface area contributed by atoms with Crippen molar-refractivity contribution in [3.63, 3.8) is 0 Å². The first-order chi connectivity index (χ1) is 16.7. The molecule has 3 heterocycles. The molecule has 0 saturated carbocycles. The van der Waals surface area contributed by atoms with Gasteiger partial charge in [0.15, 0.2) is 15.5 Å². The minimum absolute atomic E-state index is 0.0199. The molecule has 2 amide bonds. The number of hydrogen-bond acceptors (Lipinski definition) is 6. The smallest absolute Gasteiger partial charge is 0.256 e. The Morgan fingerprint density at radius 2 is 1.77 bits per heavy atom. The Labute approximate surface area is 201 Å². The second-order valence-electron chi connectivity index (χ2n) is 8.57. The Kier molecular flexibility index (Phi) is 5.60. The first kappa shape index (κ1) is 22.7. The number of nitrogens with two attached hydrogens (primary N) is 1. The molecule has 2 aromatic carbocycles. The third-order valence-corrected chi connectivity index (χ3v) is 7.90. The summed E-state index contributed by atoms with van der Waals surface area (Å²) in [5.41, 5.74) is 8.63. The number of pyridine rings is 1. The van der Waals surface area contributed by atoms with Gasteiger partial charge in [0.2, 0.25) is 0 Å². The van der Waals surface area contributed by atoms with E-state index in [9.17, 15) is 18.0 Å². The Morgan fingerprint density at radius 1 is 1.06 bits per heavy atom. The van der Waals surface area contributed by atoms with Gasteiger partial charge in [0.25, 0.3) is 11.8 Å². The van der Waals surface area contributed by atoms with Gasteiger partial charge in [0, 0.05) is 5.56 Å². The Bertz CT molecular complexity index is 1580. The van der Waals surface area contributed by atoms with Crippen molar-refractivity contribution < 1.29 is 18.0 Å². The SMILES string of the molecule is Cc1nn([C@H]2CCS(=O)(=O)C2)c2nc(-c3ccccc3)cc(C(=O)Nc3ccccc3C(N)=O)c12. The molecule has 9 nitrogen and oxygen atoms in total. The van der Waals surface area contributed by atoms with Crippen molar-refractivity contribution in [3.05, 3.63) is 77.5 Å². The predicted molar refractivity (Wildman–Crippen MR) is 133 cm³/mol. The number of benzene rings is 2. The summed E-state index contributed by atoms with van der Waals surface area (Å²) in [5.74, 6) is -1.04. The molecule has 10 heteroatoms. The van der Waals surface area contributed by atoms with Crippen molar-refractivity contribution in [2.75, 3.05) is 16.8 Å². The number of sulfone groups is 1. The van der Waals surface area contributed by atoms with Crippen LogP contribution in [0.4, 0.5) is 5.69 Å². The number of rotatable bonds is 5. The van der Waals surface area contributed by atoms with E-state index in [4.69, 9.17) is 10.7 Å². The number of para-hydroxylation sites is 1. The highest BCUT2D eigenvalue weighted by Gasteiger charge is 2.32. The van der Waals surface area contributed by atoms with Crippen LogP contribution < -0.4 is 11.1 Å². The molecule has 5 rings (SSSR count). The summed E-state index contributed by atoms with van der Waals surface area (Å²) in [5, 5.41) is 7.93. The number of carbonyl (C=O) groups excluding carboxylic acids is 2. The largest absolute Gasteiger partial charge is 0.366 e. The fraction of sp³-hybridized carbons (Fsp3) is 0.200. The Balaban J connectivity index is 1.68. The van der Waals surface area contributed by atoms with Crippen LogP contribution in [0.5, 0.6) is 0 Å². The van der Waals surface area contributed by atoms with Crippen molar-refractivity contribution in [1.82, 2.24) is 14.8 Å². The lowest BCUT2D eigenvalue weighted by Crippen LogP contribution is -2.19. The van der Waals surface area contributed by atoms with Gasteiger partial charge >= 0.3 is 0 Å². The molecular formula is C25H23N5O4S. The number of amides is 2. The first-order valence-corrected chi connectivity index (χ1v) is 12.9. The number of nitrogens with one attached hydrogen (secondary N) is 1. The lowest BCUT2D eigenvalue weighted by molar-refractivity contribution is 0.100. The van der Waals surface area contributed by atoms with Gasteiger partial charge < -0.3 is 11.1 Å². The molecule has 178 valence electrons. The van der Waals surface area contributed by atoms with E-state index >= 15 is 0 Å². The van der Waals surface area contributed by atoms with Crippen LogP contribution >= 0.6 is 0 Å². The molecule has 4 aromatic rings. The maximum atomic E-state index is 13.5. The standard InChI is InChI=1S/C25H23N5O4S/c1-15-22-19(25(32)28-20-10-6-5-9-18(20)23(26)31)13-21(16-7-3-2-4-8-16)27-24(22)30(29-15)17-11-12-35(33,34)14-17/h2-10,13,17H,11-12,14H2,1H3,(H2,26,31)(H,28,32)/t17-/m0/s1. The Hall–Kier alpha value is -4.05. The minimum Gasteiger partial charge on any atom is -0.366 e. The third kappa shape index (κ3) is 4.28. The van der Waals surface area contributed by atoms with Gasteiger partial charge in [-0.1, -0.05) is 42.5 Å². The number of nitrogens with zero attached hydrogens (tertiary/aromatic N) is 3. The molecule has 0 unspecified atom stereocenters. The quantitative estimate of drug-likeness (QED) is 0.442. The molecule has 1 aliphatic heterocycles. The summed E-state index contributed by atoms with van der Waals surface area (Å²) < 4.78 is 25.9. The van der Waals surface area contributed by atoms with E-state index in [2.05, 4.69) is 10.4 Å². The van der Waals surface area contributed by atoms with Gasteiger partial charge in [-0.25, -0.2) is 18.1 Å². The molecule has 0 aliphatic carbocycles. The highest BCUT2D eigenvalue weighted by molar-refractivity contribution is 7.91. The molecule has 1 saturated heterocycles. The van der Waals surface area contributed by atoms with E-state index in [1.54, 1.807) is 41.9 Å². The zero-order chi connectivity index (χ0) is 24.7. The maximum absolute atomic E-state index is 13.5. The van der Waals surface area contributed by atoms with Gasteiger partial charge in [0.1, 0.15) is 0 Å². The zero-order valence-electron chi connectivity index (χ0n) is 18.9. The Morgan fingerprint density at radius 3 is 2.46 bits per heavy atom. The highest BCUT2D eigenvalue weighted by Crippen LogP contribution is 2.32. The summed E-state index contributed by atoms with van der Waals surface area (Å²) in [6.45, 7) is 1.76. The zero-order valence-corrected chi connectivity index (χ0v) is 19.7. The lowest BCUT2D eigenvalue weighted by atomic mass is 10.0. The lowest BCUT2D eigenvalue weighted by Gasteiger charge is -2.13. The molecule has 3 N–H and O–H groups in total. The first-order valence-electron chi connectivity index (χ1n) is 11.1. The van der Waals surface area contributed by atoms with Crippen LogP contribution in [0.15, 0.2) is 60.7 Å². The van der Waals surface area contributed by atoms with Gasteiger partial charge in [-0.05, 0) is 31.5 Å². The van der Waals surface area contributed by atoms with E-state index < -0.39 is 21.7 Å². The second-order valence-corrected chi connectivity index (χ2v) is 10.8. The number of anilines is 1. The van der Waals surface area contributed by atoms with Gasteiger partial charge in [-0.3, -0.25) is 9.59 Å². The predicted octanol–water partition coefficient (Wildman–Crippen LogP) is 3.12. The second kappa shape index (κ2) is 8.62. The molecule has 1 fully saturated rings. The number of aromatic nitrogens is 3. The summed E-state index contributed by atoms with van der Waals surface area (Å²) in [7, 11) is -3.16. The van der Waals surface area contributed by atoms with Crippen molar-refractivity contribution in [2.24, 2.45) is 5.73 Å².